The van der Waals surface area contributed by atoms with E-state index in [4.69, 9.17) is 21.1 Å². The molecule has 2 rings (SSSR count). The van der Waals surface area contributed by atoms with Gasteiger partial charge in [0.15, 0.2) is 0 Å². The van der Waals surface area contributed by atoms with Gasteiger partial charge in [-0.2, -0.15) is 5.10 Å². The molecule has 0 saturated carbocycles. The molecule has 0 bridgehead atoms. The summed E-state index contributed by atoms with van der Waals surface area (Å²) in [5.41, 5.74) is 1.35. The summed E-state index contributed by atoms with van der Waals surface area (Å²) in [5, 5.41) is 7.59. The third-order valence-corrected chi connectivity index (χ3v) is 5.56. The van der Waals surface area contributed by atoms with Gasteiger partial charge in [0, 0.05) is 6.42 Å². The first-order chi connectivity index (χ1) is 13.3. The second kappa shape index (κ2) is 9.70. The van der Waals surface area contributed by atoms with Gasteiger partial charge in [-0.05, 0) is 25.8 Å². The van der Waals surface area contributed by atoms with Crippen molar-refractivity contribution < 1.29 is 23.9 Å². The zero-order valence-electron chi connectivity index (χ0n) is 16.1. The van der Waals surface area contributed by atoms with Crippen LogP contribution in [0.4, 0.5) is 5.00 Å². The third-order valence-electron chi connectivity index (χ3n) is 4.01. The molecule has 0 aliphatic carbocycles. The van der Waals surface area contributed by atoms with Crippen LogP contribution in [-0.2, 0) is 20.8 Å². The highest BCUT2D eigenvalue weighted by Crippen LogP contribution is 2.34. The van der Waals surface area contributed by atoms with Crippen LogP contribution >= 0.6 is 22.9 Å². The molecule has 28 heavy (non-hydrogen) atoms. The lowest BCUT2D eigenvalue weighted by Crippen LogP contribution is -2.17. The predicted octanol–water partition coefficient (Wildman–Crippen LogP) is 3.60. The smallest absolute Gasteiger partial charge is 0.348 e. The van der Waals surface area contributed by atoms with Crippen LogP contribution in [0.25, 0.3) is 0 Å². The zero-order chi connectivity index (χ0) is 20.8. The molecule has 0 unspecified atom stereocenters. The summed E-state index contributed by atoms with van der Waals surface area (Å²) in [6.45, 7) is 5.87. The van der Waals surface area contributed by atoms with Gasteiger partial charge in [-0.3, -0.25) is 9.48 Å². The highest BCUT2D eigenvalue weighted by atomic mass is 35.5. The average Bonchev–Trinajstić information content (AvgIpc) is 3.17. The van der Waals surface area contributed by atoms with E-state index in [-0.39, 0.29) is 34.4 Å². The van der Waals surface area contributed by atoms with E-state index in [0.29, 0.717) is 23.6 Å². The second-order valence-electron chi connectivity index (χ2n) is 5.99. The molecule has 2 heterocycles. The minimum absolute atomic E-state index is 0.118. The Kier molecular flexibility index (Phi) is 7.59. The average molecular weight is 428 g/mol. The minimum atomic E-state index is -0.587. The second-order valence-corrected chi connectivity index (χ2v) is 7.41. The Labute approximate surface area is 171 Å². The van der Waals surface area contributed by atoms with Crippen molar-refractivity contribution in [3.05, 3.63) is 32.9 Å². The molecule has 1 amide bonds. The molecule has 0 aliphatic heterocycles. The highest BCUT2D eigenvalue weighted by molar-refractivity contribution is 7.18. The first kappa shape index (κ1) is 21.9. The lowest BCUT2D eigenvalue weighted by atomic mass is 10.1. The number of halogens is 1. The molecular formula is C18H22ClN3O5S. The molecule has 0 fully saturated rings. The minimum Gasteiger partial charge on any atom is -0.465 e. The Bertz CT molecular complexity index is 890. The molecule has 0 saturated heterocycles. The van der Waals surface area contributed by atoms with E-state index in [2.05, 4.69) is 10.4 Å². The predicted molar refractivity (Wildman–Crippen MR) is 106 cm³/mol. The van der Waals surface area contributed by atoms with Crippen LogP contribution in [0.5, 0.6) is 0 Å². The number of anilines is 1. The van der Waals surface area contributed by atoms with Gasteiger partial charge in [0.2, 0.25) is 5.91 Å². The van der Waals surface area contributed by atoms with E-state index in [1.807, 2.05) is 6.92 Å². The van der Waals surface area contributed by atoms with Crippen molar-refractivity contribution in [3.63, 3.8) is 0 Å². The van der Waals surface area contributed by atoms with Crippen molar-refractivity contribution in [1.29, 1.82) is 0 Å². The zero-order valence-corrected chi connectivity index (χ0v) is 17.7. The Morgan fingerprint density at radius 2 is 2.00 bits per heavy atom. The summed E-state index contributed by atoms with van der Waals surface area (Å²) >= 11 is 6.94. The fraction of sp³-hybridized carbons (Fsp3) is 0.444. The first-order valence-corrected chi connectivity index (χ1v) is 9.86. The van der Waals surface area contributed by atoms with Gasteiger partial charge in [-0.25, -0.2) is 9.59 Å². The van der Waals surface area contributed by atoms with E-state index < -0.39 is 11.9 Å². The van der Waals surface area contributed by atoms with Crippen LogP contribution in [-0.4, -0.2) is 41.3 Å². The topological polar surface area (TPSA) is 99.5 Å². The van der Waals surface area contributed by atoms with Gasteiger partial charge in [-0.1, -0.05) is 18.5 Å². The van der Waals surface area contributed by atoms with Crippen molar-refractivity contribution in [3.8, 4) is 0 Å². The molecule has 8 nitrogen and oxygen atoms in total. The monoisotopic (exact) mass is 427 g/mol. The Balaban J connectivity index is 2.19. The van der Waals surface area contributed by atoms with Gasteiger partial charge in [-0.15, -0.1) is 11.3 Å². The number of hydrogen-bond donors (Lipinski definition) is 1. The van der Waals surface area contributed by atoms with Gasteiger partial charge in [0.05, 0.1) is 42.7 Å². The molecule has 2 aromatic heterocycles. The summed E-state index contributed by atoms with van der Waals surface area (Å²) < 4.78 is 11.6. The molecular weight excluding hydrogens is 406 g/mol. The summed E-state index contributed by atoms with van der Waals surface area (Å²) in [6, 6.07) is 0. The van der Waals surface area contributed by atoms with E-state index in [1.165, 1.54) is 13.3 Å². The molecule has 1 N–H and O–H groups in total. The molecule has 0 radical (unpaired) electrons. The maximum absolute atomic E-state index is 12.4. The van der Waals surface area contributed by atoms with Gasteiger partial charge in [0.25, 0.3) is 0 Å². The van der Waals surface area contributed by atoms with Crippen molar-refractivity contribution in [2.24, 2.45) is 0 Å². The summed E-state index contributed by atoms with van der Waals surface area (Å²) in [4.78, 5) is 37.1. The number of ether oxygens (including phenoxy) is 2. The van der Waals surface area contributed by atoms with Crippen LogP contribution < -0.4 is 5.32 Å². The molecule has 0 aliphatic rings. The van der Waals surface area contributed by atoms with Crippen LogP contribution in [0.1, 0.15) is 51.1 Å². The molecule has 0 atom stereocenters. The van der Waals surface area contributed by atoms with Crippen LogP contribution in [0.3, 0.4) is 0 Å². The molecule has 152 valence electrons. The lowest BCUT2D eigenvalue weighted by molar-refractivity contribution is -0.116. The number of aromatic nitrogens is 2. The molecule has 10 heteroatoms. The van der Waals surface area contributed by atoms with Gasteiger partial charge < -0.3 is 14.8 Å². The standard InChI is InChI=1S/C18H22ClN3O5S/c1-5-8-27-17(24)14-10(2)15(18(25)26-4)28-16(14)21-13(23)6-7-22-11(3)12(19)9-20-22/h9H,5-8H2,1-4H3,(H,21,23). The Morgan fingerprint density at radius 1 is 1.29 bits per heavy atom. The number of carbonyl (C=O) groups excluding carboxylic acids is 3. The summed E-state index contributed by atoms with van der Waals surface area (Å²) in [5.74, 6) is -1.49. The summed E-state index contributed by atoms with van der Waals surface area (Å²) in [6.07, 6.45) is 2.29. The number of thiophene rings is 1. The van der Waals surface area contributed by atoms with E-state index >= 15 is 0 Å². The van der Waals surface area contributed by atoms with Crippen LogP contribution in [0.2, 0.25) is 5.02 Å². The van der Waals surface area contributed by atoms with Crippen molar-refractivity contribution in [2.45, 2.75) is 40.2 Å². The summed E-state index contributed by atoms with van der Waals surface area (Å²) in [7, 11) is 1.26. The van der Waals surface area contributed by atoms with Crippen molar-refractivity contribution in [2.75, 3.05) is 19.0 Å². The van der Waals surface area contributed by atoms with Gasteiger partial charge >= 0.3 is 11.9 Å². The number of nitrogens with one attached hydrogen (secondary N) is 1. The highest BCUT2D eigenvalue weighted by Gasteiger charge is 2.27. The normalized spacial score (nSPS) is 10.6. The number of aryl methyl sites for hydroxylation is 1. The number of carbonyl (C=O) groups is 3. The fourth-order valence-electron chi connectivity index (χ4n) is 2.45. The van der Waals surface area contributed by atoms with Crippen LogP contribution in [0, 0.1) is 13.8 Å². The van der Waals surface area contributed by atoms with Crippen LogP contribution in [0.15, 0.2) is 6.20 Å². The quantitative estimate of drug-likeness (QED) is 0.646. The van der Waals surface area contributed by atoms with Crippen molar-refractivity contribution in [1.82, 2.24) is 9.78 Å². The maximum Gasteiger partial charge on any atom is 0.348 e. The van der Waals surface area contributed by atoms with Crippen molar-refractivity contribution >= 4 is 45.8 Å². The molecule has 0 aromatic carbocycles. The molecule has 2 aromatic rings. The number of nitrogens with zero attached hydrogens (tertiary/aromatic N) is 2. The number of esters is 2. The van der Waals surface area contributed by atoms with E-state index in [1.54, 1.807) is 18.5 Å². The Morgan fingerprint density at radius 3 is 2.57 bits per heavy atom. The largest absolute Gasteiger partial charge is 0.465 e. The third kappa shape index (κ3) is 4.90. The number of amides is 1. The fourth-order valence-corrected chi connectivity index (χ4v) is 3.72. The lowest BCUT2D eigenvalue weighted by Gasteiger charge is -2.08. The van der Waals surface area contributed by atoms with E-state index in [0.717, 1.165) is 17.0 Å². The molecule has 0 spiro atoms. The van der Waals surface area contributed by atoms with Gasteiger partial charge in [0.1, 0.15) is 9.88 Å². The first-order valence-electron chi connectivity index (χ1n) is 8.66. The number of rotatable bonds is 8. The SMILES string of the molecule is CCCOC(=O)c1c(NC(=O)CCn2ncc(Cl)c2C)sc(C(=O)OC)c1C. The van der Waals surface area contributed by atoms with E-state index in [9.17, 15) is 14.4 Å². The number of methoxy groups -OCH3 is 1. The number of hydrogen-bond acceptors (Lipinski definition) is 7. The maximum atomic E-state index is 12.4. The Hall–Kier alpha value is -2.39.